The van der Waals surface area contributed by atoms with Crippen molar-refractivity contribution in [2.75, 3.05) is 26.0 Å². The van der Waals surface area contributed by atoms with Crippen molar-refractivity contribution in [2.24, 2.45) is 5.92 Å². The lowest BCUT2D eigenvalue weighted by molar-refractivity contribution is -0.125. The third-order valence-corrected chi connectivity index (χ3v) is 6.06. The van der Waals surface area contributed by atoms with Gasteiger partial charge in [0, 0.05) is 31.4 Å². The van der Waals surface area contributed by atoms with Crippen molar-refractivity contribution in [1.29, 1.82) is 0 Å². The molecule has 0 bridgehead atoms. The van der Waals surface area contributed by atoms with Crippen molar-refractivity contribution < 1.29 is 9.53 Å². The summed E-state index contributed by atoms with van der Waals surface area (Å²) in [4.78, 5) is 14.4. The number of ether oxygens (including phenoxy) is 1. The topological polar surface area (TPSA) is 29.5 Å². The highest BCUT2D eigenvalue weighted by Crippen LogP contribution is 2.28. The van der Waals surface area contributed by atoms with Crippen LogP contribution in [-0.2, 0) is 9.53 Å². The molecule has 0 radical (unpaired) electrons. The highest BCUT2D eigenvalue weighted by Gasteiger charge is 2.24. The third-order valence-electron chi connectivity index (χ3n) is 4.68. The minimum atomic E-state index is 0.172. The summed E-state index contributed by atoms with van der Waals surface area (Å²) in [7, 11) is 1.79. The molecular formula is C17H29NO2S. The van der Waals surface area contributed by atoms with E-state index in [0.29, 0.717) is 17.3 Å². The van der Waals surface area contributed by atoms with Crippen LogP contribution < -0.4 is 0 Å². The van der Waals surface area contributed by atoms with E-state index in [-0.39, 0.29) is 5.91 Å². The van der Waals surface area contributed by atoms with E-state index in [1.54, 1.807) is 13.2 Å². The van der Waals surface area contributed by atoms with Crippen molar-refractivity contribution in [1.82, 2.24) is 4.90 Å². The fraction of sp³-hybridized carbons (Fsp3) is 0.824. The van der Waals surface area contributed by atoms with Gasteiger partial charge in [0.2, 0.25) is 5.91 Å². The predicted octanol–water partition coefficient (Wildman–Crippen LogP) is 3.49. The lowest BCUT2D eigenvalue weighted by atomic mass is 9.86. The maximum Gasteiger partial charge on any atom is 0.246 e. The Morgan fingerprint density at radius 2 is 2.10 bits per heavy atom. The molecule has 3 unspecified atom stereocenters. The maximum atomic E-state index is 12.4. The fourth-order valence-corrected chi connectivity index (χ4v) is 4.64. The zero-order valence-corrected chi connectivity index (χ0v) is 14.2. The highest BCUT2D eigenvalue weighted by molar-refractivity contribution is 8.00. The summed E-state index contributed by atoms with van der Waals surface area (Å²) in [6.07, 6.45) is 11.5. The molecule has 1 aliphatic carbocycles. The Kier molecular flexibility index (Phi) is 7.11. The summed E-state index contributed by atoms with van der Waals surface area (Å²) < 4.78 is 5.55. The van der Waals surface area contributed by atoms with Crippen molar-refractivity contribution in [3.8, 4) is 0 Å². The monoisotopic (exact) mass is 311 g/mol. The van der Waals surface area contributed by atoms with Crippen LogP contribution in [0, 0.1) is 5.92 Å². The van der Waals surface area contributed by atoms with Crippen LogP contribution in [0.15, 0.2) is 12.2 Å². The molecule has 1 saturated heterocycles. The Hall–Kier alpha value is -0.480. The Labute approximate surface area is 133 Å². The van der Waals surface area contributed by atoms with Crippen LogP contribution in [-0.4, -0.2) is 48.1 Å². The van der Waals surface area contributed by atoms with Gasteiger partial charge in [-0.3, -0.25) is 4.79 Å². The van der Waals surface area contributed by atoms with E-state index in [1.807, 2.05) is 16.7 Å². The fourth-order valence-electron chi connectivity index (χ4n) is 3.36. The van der Waals surface area contributed by atoms with E-state index in [9.17, 15) is 4.79 Å². The molecule has 0 aromatic rings. The Morgan fingerprint density at radius 1 is 1.29 bits per heavy atom. The van der Waals surface area contributed by atoms with E-state index in [0.717, 1.165) is 25.9 Å². The van der Waals surface area contributed by atoms with Gasteiger partial charge in [0.15, 0.2) is 0 Å². The zero-order valence-electron chi connectivity index (χ0n) is 13.4. The van der Waals surface area contributed by atoms with Crippen LogP contribution in [0.3, 0.4) is 0 Å². The minimum absolute atomic E-state index is 0.172. The number of rotatable bonds is 6. The van der Waals surface area contributed by atoms with Gasteiger partial charge in [-0.1, -0.05) is 18.9 Å². The normalized spacial score (nSPS) is 29.9. The number of thioether (sulfide) groups is 1. The summed E-state index contributed by atoms with van der Waals surface area (Å²) in [5.74, 6) is 1.84. The summed E-state index contributed by atoms with van der Waals surface area (Å²) in [6.45, 7) is 3.78. The van der Waals surface area contributed by atoms with E-state index in [1.165, 1.54) is 31.4 Å². The van der Waals surface area contributed by atoms with Crippen LogP contribution in [0.2, 0.25) is 0 Å². The van der Waals surface area contributed by atoms with Crippen molar-refractivity contribution in [3.05, 3.63) is 12.2 Å². The summed E-state index contributed by atoms with van der Waals surface area (Å²) in [5.41, 5.74) is 0. The summed E-state index contributed by atoms with van der Waals surface area (Å²) >= 11 is 2.02. The average Bonchev–Trinajstić information content (AvgIpc) is 3.03. The Bertz CT molecular complexity index is 353. The first-order valence-corrected chi connectivity index (χ1v) is 9.41. The van der Waals surface area contributed by atoms with Crippen molar-refractivity contribution in [3.63, 3.8) is 0 Å². The molecule has 1 amide bonds. The molecule has 2 aliphatic rings. The first kappa shape index (κ1) is 16.9. The second-order valence-corrected chi connectivity index (χ2v) is 7.50. The number of likely N-dealkylation sites (N-methyl/N-ethyl adjacent to an activating group) is 1. The molecule has 120 valence electrons. The van der Waals surface area contributed by atoms with Crippen molar-refractivity contribution >= 4 is 17.7 Å². The molecule has 21 heavy (non-hydrogen) atoms. The van der Waals surface area contributed by atoms with Gasteiger partial charge in [0.1, 0.15) is 0 Å². The van der Waals surface area contributed by atoms with Crippen LogP contribution in [0.4, 0.5) is 0 Å². The first-order valence-electron chi connectivity index (χ1n) is 8.36. The predicted molar refractivity (Wildman–Crippen MR) is 89.6 cm³/mol. The molecule has 1 saturated carbocycles. The number of carbonyl (C=O) groups excluding carboxylic acids is 1. The second-order valence-electron chi connectivity index (χ2n) is 6.09. The number of nitrogens with zero attached hydrogens (tertiary/aromatic N) is 1. The molecule has 0 aromatic carbocycles. The molecule has 2 rings (SSSR count). The standard InChI is InChI=1S/C17H29NO2S/c1-3-18(13-15-8-6-12-21-15)17(19)11-10-14-7-4-5-9-16(14)20-2/h10-11,14-16H,3-9,12-13H2,1-2H3/b11-10+. The Morgan fingerprint density at radius 3 is 2.76 bits per heavy atom. The van der Waals surface area contributed by atoms with Gasteiger partial charge in [0.05, 0.1) is 6.10 Å². The van der Waals surface area contributed by atoms with Gasteiger partial charge in [-0.2, -0.15) is 11.8 Å². The number of methoxy groups -OCH3 is 1. The van der Waals surface area contributed by atoms with Gasteiger partial charge in [-0.15, -0.1) is 0 Å². The third kappa shape index (κ3) is 5.03. The molecule has 0 N–H and O–H groups in total. The van der Waals surface area contributed by atoms with E-state index >= 15 is 0 Å². The minimum Gasteiger partial charge on any atom is -0.381 e. The van der Waals surface area contributed by atoms with Crippen molar-refractivity contribution in [2.45, 2.75) is 56.8 Å². The molecule has 1 aliphatic heterocycles. The highest BCUT2D eigenvalue weighted by atomic mass is 32.2. The van der Waals surface area contributed by atoms with E-state index < -0.39 is 0 Å². The zero-order chi connectivity index (χ0) is 15.1. The van der Waals surface area contributed by atoms with Crippen LogP contribution in [0.5, 0.6) is 0 Å². The Balaban J connectivity index is 1.86. The van der Waals surface area contributed by atoms with Crippen LogP contribution >= 0.6 is 11.8 Å². The second kappa shape index (κ2) is 8.84. The molecule has 3 nitrogen and oxygen atoms in total. The van der Waals surface area contributed by atoms with Gasteiger partial charge in [-0.05, 0) is 44.4 Å². The van der Waals surface area contributed by atoms with E-state index in [4.69, 9.17) is 4.74 Å². The molecule has 0 aromatic heterocycles. The molecule has 3 atom stereocenters. The summed E-state index contributed by atoms with van der Waals surface area (Å²) in [5, 5.41) is 0.642. The van der Waals surface area contributed by atoms with Gasteiger partial charge < -0.3 is 9.64 Å². The molecule has 0 spiro atoms. The molecule has 1 heterocycles. The quantitative estimate of drug-likeness (QED) is 0.703. The number of carbonyl (C=O) groups is 1. The maximum absolute atomic E-state index is 12.4. The van der Waals surface area contributed by atoms with Gasteiger partial charge in [0.25, 0.3) is 0 Å². The van der Waals surface area contributed by atoms with Gasteiger partial charge in [-0.25, -0.2) is 0 Å². The lowest BCUT2D eigenvalue weighted by Gasteiger charge is -2.28. The number of hydrogen-bond donors (Lipinski definition) is 0. The number of hydrogen-bond acceptors (Lipinski definition) is 3. The first-order chi connectivity index (χ1) is 10.2. The smallest absolute Gasteiger partial charge is 0.246 e. The molecular weight excluding hydrogens is 282 g/mol. The molecule has 4 heteroatoms. The largest absolute Gasteiger partial charge is 0.381 e. The van der Waals surface area contributed by atoms with E-state index in [2.05, 4.69) is 13.0 Å². The van der Waals surface area contributed by atoms with Crippen LogP contribution in [0.25, 0.3) is 0 Å². The molecule has 2 fully saturated rings. The summed E-state index contributed by atoms with van der Waals surface area (Å²) in [6, 6.07) is 0. The lowest BCUT2D eigenvalue weighted by Crippen LogP contribution is -2.35. The number of amides is 1. The average molecular weight is 311 g/mol. The van der Waals surface area contributed by atoms with Gasteiger partial charge >= 0.3 is 0 Å². The van der Waals surface area contributed by atoms with Crippen LogP contribution in [0.1, 0.15) is 45.4 Å². The SMILES string of the molecule is CCN(CC1CCCS1)C(=O)/C=C/C1CCCCC1OC.